The van der Waals surface area contributed by atoms with E-state index in [0.717, 1.165) is 23.1 Å². The number of benzene rings is 2. The molecule has 0 amide bonds. The fraction of sp³-hybridized carbons (Fsp3) is 0.111. The maximum atomic E-state index is 11.5. The Morgan fingerprint density at radius 3 is 2.48 bits per heavy atom. The molecule has 1 aromatic heterocycles. The molecule has 1 aliphatic heterocycles. The predicted octanol–water partition coefficient (Wildman–Crippen LogP) is 3.36. The van der Waals surface area contributed by atoms with Crippen LogP contribution < -0.4 is 10.0 Å². The number of anilines is 2. The summed E-state index contributed by atoms with van der Waals surface area (Å²) in [4.78, 5) is 4.29. The Hall–Kier alpha value is -2.84. The SMILES string of the molecule is CS(=O)(=O)Nc1nc2n(n1)[C@H](c1ccccc1)C=C(c1ccc(Cl)cc1)N2. The van der Waals surface area contributed by atoms with Crippen LogP contribution in [0.2, 0.25) is 5.02 Å². The van der Waals surface area contributed by atoms with Crippen molar-refractivity contribution in [2.75, 3.05) is 16.3 Å². The molecule has 0 bridgehead atoms. The van der Waals surface area contributed by atoms with Gasteiger partial charge in [0.2, 0.25) is 16.0 Å². The average Bonchev–Trinajstić information content (AvgIpc) is 3.02. The summed E-state index contributed by atoms with van der Waals surface area (Å²) in [5.74, 6) is 0.467. The third kappa shape index (κ3) is 3.81. The highest BCUT2D eigenvalue weighted by Gasteiger charge is 2.25. The lowest BCUT2D eigenvalue weighted by atomic mass is 10.0. The normalized spacial score (nSPS) is 16.2. The molecule has 0 spiro atoms. The summed E-state index contributed by atoms with van der Waals surface area (Å²) in [6.45, 7) is 0. The maximum absolute atomic E-state index is 11.5. The lowest BCUT2D eigenvalue weighted by molar-refractivity contribution is 0.603. The van der Waals surface area contributed by atoms with Gasteiger partial charge in [0.15, 0.2) is 0 Å². The molecule has 0 radical (unpaired) electrons. The highest BCUT2D eigenvalue weighted by molar-refractivity contribution is 7.91. The van der Waals surface area contributed by atoms with Crippen LogP contribution in [0.4, 0.5) is 11.9 Å². The number of nitrogens with one attached hydrogen (secondary N) is 2. The largest absolute Gasteiger partial charge is 0.324 e. The zero-order chi connectivity index (χ0) is 19.0. The quantitative estimate of drug-likeness (QED) is 0.699. The predicted molar refractivity (Wildman–Crippen MR) is 106 cm³/mol. The van der Waals surface area contributed by atoms with Crippen LogP contribution in [-0.4, -0.2) is 29.4 Å². The van der Waals surface area contributed by atoms with E-state index in [1.165, 1.54) is 0 Å². The van der Waals surface area contributed by atoms with Gasteiger partial charge in [0.1, 0.15) is 6.04 Å². The summed E-state index contributed by atoms with van der Waals surface area (Å²) in [5.41, 5.74) is 2.78. The molecule has 1 atom stereocenters. The summed E-state index contributed by atoms with van der Waals surface area (Å²) in [7, 11) is -3.48. The second-order valence-electron chi connectivity index (χ2n) is 6.15. The molecular formula is C18H16ClN5O2S. The van der Waals surface area contributed by atoms with Gasteiger partial charge in [-0.2, -0.15) is 4.98 Å². The van der Waals surface area contributed by atoms with Gasteiger partial charge in [0, 0.05) is 10.7 Å². The Morgan fingerprint density at radius 2 is 1.81 bits per heavy atom. The highest BCUT2D eigenvalue weighted by Crippen LogP contribution is 2.33. The van der Waals surface area contributed by atoms with Gasteiger partial charge in [-0.15, -0.1) is 5.10 Å². The Morgan fingerprint density at radius 1 is 1.11 bits per heavy atom. The number of halogens is 1. The third-order valence-electron chi connectivity index (χ3n) is 4.04. The number of sulfonamides is 1. The van der Waals surface area contributed by atoms with E-state index in [4.69, 9.17) is 11.6 Å². The van der Waals surface area contributed by atoms with Gasteiger partial charge in [-0.25, -0.2) is 13.1 Å². The molecule has 4 rings (SSSR count). The summed E-state index contributed by atoms with van der Waals surface area (Å²) < 4.78 is 27.0. The van der Waals surface area contributed by atoms with Gasteiger partial charge >= 0.3 is 0 Å². The molecule has 0 saturated carbocycles. The Bertz CT molecular complexity index is 1110. The minimum absolute atomic E-state index is 0.0201. The lowest BCUT2D eigenvalue weighted by Crippen LogP contribution is -2.20. The van der Waals surface area contributed by atoms with E-state index in [1.54, 1.807) is 4.68 Å². The third-order valence-corrected chi connectivity index (χ3v) is 4.84. The van der Waals surface area contributed by atoms with Crippen molar-refractivity contribution in [1.82, 2.24) is 14.8 Å². The van der Waals surface area contributed by atoms with Gasteiger partial charge < -0.3 is 5.32 Å². The first-order valence-electron chi connectivity index (χ1n) is 8.13. The molecule has 0 unspecified atom stereocenters. The van der Waals surface area contributed by atoms with Crippen molar-refractivity contribution in [2.45, 2.75) is 6.04 Å². The van der Waals surface area contributed by atoms with E-state index in [-0.39, 0.29) is 12.0 Å². The number of fused-ring (bicyclic) bond motifs is 1. The zero-order valence-corrected chi connectivity index (χ0v) is 15.9. The van der Waals surface area contributed by atoms with Gasteiger partial charge in [-0.05, 0) is 29.3 Å². The number of hydrogen-bond acceptors (Lipinski definition) is 5. The molecule has 0 saturated heterocycles. The van der Waals surface area contributed by atoms with Gasteiger partial charge in [0.05, 0.1) is 6.26 Å². The molecular weight excluding hydrogens is 386 g/mol. The lowest BCUT2D eigenvalue weighted by Gasteiger charge is -2.24. The smallest absolute Gasteiger partial charge is 0.257 e. The number of hydrogen-bond donors (Lipinski definition) is 2. The molecule has 2 N–H and O–H groups in total. The first kappa shape index (κ1) is 17.6. The van der Waals surface area contributed by atoms with Crippen LogP contribution in [0.5, 0.6) is 0 Å². The van der Waals surface area contributed by atoms with Crippen molar-refractivity contribution in [1.29, 1.82) is 0 Å². The Labute approximate surface area is 161 Å². The van der Waals surface area contributed by atoms with Crippen molar-refractivity contribution in [3.05, 3.63) is 76.8 Å². The number of rotatable bonds is 4. The average molecular weight is 402 g/mol. The van der Waals surface area contributed by atoms with Crippen molar-refractivity contribution >= 4 is 39.2 Å². The van der Waals surface area contributed by atoms with Crippen LogP contribution in [0, 0.1) is 0 Å². The topological polar surface area (TPSA) is 88.9 Å². The first-order valence-corrected chi connectivity index (χ1v) is 10.4. The number of allylic oxidation sites excluding steroid dienone is 1. The second-order valence-corrected chi connectivity index (χ2v) is 8.33. The molecule has 1 aliphatic rings. The van der Waals surface area contributed by atoms with Crippen molar-refractivity contribution < 1.29 is 8.42 Å². The van der Waals surface area contributed by atoms with Crippen LogP contribution in [0.1, 0.15) is 17.2 Å². The van der Waals surface area contributed by atoms with E-state index in [9.17, 15) is 8.42 Å². The summed E-state index contributed by atoms with van der Waals surface area (Å²) in [6, 6.07) is 17.0. The Kier molecular flexibility index (Phi) is 4.37. The molecule has 9 heteroatoms. The monoisotopic (exact) mass is 401 g/mol. The number of nitrogens with zero attached hydrogens (tertiary/aromatic N) is 3. The standard InChI is InChI=1S/C18H16ClN5O2S/c1-27(25,26)23-17-21-18-20-15(12-7-9-14(19)10-8-12)11-16(24(18)22-17)13-5-3-2-4-6-13/h2-11,16H,1H3,(H2,20,21,22,23)/t16-/m0/s1. The van der Waals surface area contributed by atoms with E-state index in [0.29, 0.717) is 11.0 Å². The molecule has 7 nitrogen and oxygen atoms in total. The van der Waals surface area contributed by atoms with Crippen molar-refractivity contribution in [3.63, 3.8) is 0 Å². The van der Waals surface area contributed by atoms with Gasteiger partial charge in [0.25, 0.3) is 5.95 Å². The minimum atomic E-state index is -3.48. The van der Waals surface area contributed by atoms with Crippen LogP contribution in [0.3, 0.4) is 0 Å². The van der Waals surface area contributed by atoms with E-state index >= 15 is 0 Å². The summed E-state index contributed by atoms with van der Waals surface area (Å²) >= 11 is 5.99. The van der Waals surface area contributed by atoms with Gasteiger partial charge in [-0.3, -0.25) is 4.72 Å². The highest BCUT2D eigenvalue weighted by atomic mass is 35.5. The molecule has 3 aromatic rings. The van der Waals surface area contributed by atoms with E-state index < -0.39 is 10.0 Å². The Balaban J connectivity index is 1.80. The maximum Gasteiger partial charge on any atom is 0.257 e. The van der Waals surface area contributed by atoms with Crippen molar-refractivity contribution in [2.24, 2.45) is 0 Å². The van der Waals surface area contributed by atoms with Crippen LogP contribution in [0.15, 0.2) is 60.7 Å². The molecule has 2 aromatic carbocycles. The zero-order valence-electron chi connectivity index (χ0n) is 14.3. The molecule has 2 heterocycles. The molecule has 0 fully saturated rings. The molecule has 27 heavy (non-hydrogen) atoms. The molecule has 0 aliphatic carbocycles. The van der Waals surface area contributed by atoms with Crippen molar-refractivity contribution in [3.8, 4) is 0 Å². The van der Waals surface area contributed by atoms with Crippen LogP contribution in [-0.2, 0) is 10.0 Å². The van der Waals surface area contributed by atoms with Gasteiger partial charge in [-0.1, -0.05) is 54.1 Å². The van der Waals surface area contributed by atoms with Crippen LogP contribution in [0.25, 0.3) is 5.70 Å². The summed E-state index contributed by atoms with van der Waals surface area (Å²) in [6.07, 6.45) is 3.08. The number of aromatic nitrogens is 3. The fourth-order valence-corrected chi connectivity index (χ4v) is 3.43. The van der Waals surface area contributed by atoms with Crippen LogP contribution >= 0.6 is 11.6 Å². The fourth-order valence-electron chi connectivity index (χ4n) is 2.89. The second kappa shape index (κ2) is 6.71. The van der Waals surface area contributed by atoms with E-state index in [1.807, 2.05) is 60.7 Å². The minimum Gasteiger partial charge on any atom is -0.324 e. The first-order chi connectivity index (χ1) is 12.9. The molecule has 138 valence electrons. The summed E-state index contributed by atoms with van der Waals surface area (Å²) in [5, 5.41) is 8.18. The van der Waals surface area contributed by atoms with E-state index in [2.05, 4.69) is 20.1 Å².